The fourth-order valence-corrected chi connectivity index (χ4v) is 2.61. The second kappa shape index (κ2) is 4.59. The predicted octanol–water partition coefficient (Wildman–Crippen LogP) is 2.94. The number of rotatable bonds is 4. The van der Waals surface area contributed by atoms with Crippen LogP contribution in [0, 0.1) is 0 Å². The third-order valence-electron chi connectivity index (χ3n) is 1.60. The van der Waals surface area contributed by atoms with Crippen LogP contribution in [0.5, 0.6) is 5.75 Å². The van der Waals surface area contributed by atoms with Gasteiger partial charge in [-0.05, 0) is 0 Å². The van der Waals surface area contributed by atoms with Crippen molar-refractivity contribution in [3.8, 4) is 5.75 Å². The van der Waals surface area contributed by atoms with Crippen molar-refractivity contribution in [3.05, 3.63) is 30.3 Å². The van der Waals surface area contributed by atoms with Crippen LogP contribution in [0.2, 0.25) is 0 Å². The Bertz CT molecular complexity index is 246. The Kier molecular flexibility index (Phi) is 3.71. The van der Waals surface area contributed by atoms with E-state index in [4.69, 9.17) is 9.05 Å². The standard InChI is InChI=1S/C10H17O2P/c1-4-11-13(2,3)12-10-8-6-5-7-9-10/h5-9,13H,4H2,1-3H3. The minimum atomic E-state index is -1.94. The average molecular weight is 200 g/mol. The monoisotopic (exact) mass is 200 g/mol. The average Bonchev–Trinajstić information content (AvgIpc) is 2.04. The van der Waals surface area contributed by atoms with Gasteiger partial charge in [-0.1, -0.05) is 0 Å². The van der Waals surface area contributed by atoms with Gasteiger partial charge < -0.3 is 0 Å². The Balaban J connectivity index is 2.58. The van der Waals surface area contributed by atoms with Crippen LogP contribution in [-0.2, 0) is 4.52 Å². The Labute approximate surface area is 80.4 Å². The fraction of sp³-hybridized carbons (Fsp3) is 0.400. The molecule has 0 spiro atoms. The molecule has 0 fully saturated rings. The first-order chi connectivity index (χ1) is 6.14. The Morgan fingerprint density at radius 1 is 1.15 bits per heavy atom. The summed E-state index contributed by atoms with van der Waals surface area (Å²) in [5, 5.41) is 0. The molecular formula is C10H17O2P. The predicted molar refractivity (Wildman–Crippen MR) is 58.9 cm³/mol. The van der Waals surface area contributed by atoms with E-state index in [1.54, 1.807) is 0 Å². The van der Waals surface area contributed by atoms with Crippen LogP contribution in [0.4, 0.5) is 0 Å². The van der Waals surface area contributed by atoms with E-state index in [1.165, 1.54) is 0 Å². The van der Waals surface area contributed by atoms with Crippen LogP contribution >= 0.6 is 7.72 Å². The SMILES string of the molecule is CCO[PH](C)(C)Oc1ccccc1. The number of para-hydroxylation sites is 1. The van der Waals surface area contributed by atoms with E-state index in [0.29, 0.717) is 6.61 Å². The molecular weight excluding hydrogens is 183 g/mol. The molecule has 0 N–H and O–H groups in total. The van der Waals surface area contributed by atoms with Crippen LogP contribution in [-0.4, -0.2) is 19.9 Å². The van der Waals surface area contributed by atoms with Crippen LogP contribution in [0.3, 0.4) is 0 Å². The molecule has 0 aliphatic rings. The summed E-state index contributed by atoms with van der Waals surface area (Å²) in [6.45, 7) is 6.79. The van der Waals surface area contributed by atoms with Crippen LogP contribution in [0.15, 0.2) is 30.3 Å². The molecule has 0 saturated carbocycles. The molecule has 1 rings (SSSR count). The molecule has 0 amide bonds. The Morgan fingerprint density at radius 2 is 1.77 bits per heavy atom. The zero-order chi connectivity index (χ0) is 9.73. The van der Waals surface area contributed by atoms with E-state index >= 15 is 0 Å². The molecule has 2 nitrogen and oxygen atoms in total. The normalized spacial score (nSPS) is 12.5. The maximum atomic E-state index is 5.76. The zero-order valence-corrected chi connectivity index (χ0v) is 9.41. The molecule has 0 radical (unpaired) electrons. The molecule has 0 unspecified atom stereocenters. The van der Waals surface area contributed by atoms with Gasteiger partial charge in [-0.25, -0.2) is 0 Å². The molecule has 0 saturated heterocycles. The molecule has 3 heteroatoms. The number of benzene rings is 1. The van der Waals surface area contributed by atoms with Gasteiger partial charge >= 0.3 is 79.7 Å². The van der Waals surface area contributed by atoms with Gasteiger partial charge in [-0.3, -0.25) is 0 Å². The molecule has 13 heavy (non-hydrogen) atoms. The van der Waals surface area contributed by atoms with Gasteiger partial charge in [-0.15, -0.1) is 0 Å². The maximum absolute atomic E-state index is 5.76. The van der Waals surface area contributed by atoms with Crippen molar-refractivity contribution in [1.82, 2.24) is 0 Å². The van der Waals surface area contributed by atoms with Gasteiger partial charge in [0.25, 0.3) is 0 Å². The van der Waals surface area contributed by atoms with Gasteiger partial charge in [0.05, 0.1) is 0 Å². The van der Waals surface area contributed by atoms with Gasteiger partial charge in [0.2, 0.25) is 0 Å². The summed E-state index contributed by atoms with van der Waals surface area (Å²) in [7, 11) is -1.94. The van der Waals surface area contributed by atoms with E-state index in [0.717, 1.165) is 5.75 Å². The summed E-state index contributed by atoms with van der Waals surface area (Å²) in [6.07, 6.45) is 0. The van der Waals surface area contributed by atoms with E-state index in [2.05, 4.69) is 0 Å². The first-order valence-electron chi connectivity index (χ1n) is 4.52. The van der Waals surface area contributed by atoms with Crippen LogP contribution < -0.4 is 4.52 Å². The van der Waals surface area contributed by atoms with Crippen LogP contribution in [0.25, 0.3) is 0 Å². The molecule has 0 aliphatic carbocycles. The molecule has 1 aromatic carbocycles. The van der Waals surface area contributed by atoms with E-state index < -0.39 is 7.72 Å². The summed E-state index contributed by atoms with van der Waals surface area (Å²) >= 11 is 0. The fourth-order valence-electron chi connectivity index (χ4n) is 1.15. The summed E-state index contributed by atoms with van der Waals surface area (Å²) < 4.78 is 11.3. The summed E-state index contributed by atoms with van der Waals surface area (Å²) in [6, 6.07) is 9.81. The molecule has 0 aromatic heterocycles. The molecule has 0 aliphatic heterocycles. The van der Waals surface area contributed by atoms with Gasteiger partial charge in [0.15, 0.2) is 0 Å². The quantitative estimate of drug-likeness (QED) is 0.696. The summed E-state index contributed by atoms with van der Waals surface area (Å²) in [4.78, 5) is 0. The van der Waals surface area contributed by atoms with Crippen molar-refractivity contribution >= 4 is 7.72 Å². The third-order valence-corrected chi connectivity index (χ3v) is 3.31. The van der Waals surface area contributed by atoms with Gasteiger partial charge in [0.1, 0.15) is 0 Å². The van der Waals surface area contributed by atoms with Crippen molar-refractivity contribution in [2.24, 2.45) is 0 Å². The number of hydrogen-bond donors (Lipinski definition) is 0. The third kappa shape index (κ3) is 3.75. The van der Waals surface area contributed by atoms with Crippen LogP contribution in [0.1, 0.15) is 6.92 Å². The zero-order valence-electron chi connectivity index (χ0n) is 8.41. The molecule has 1 aromatic rings. The topological polar surface area (TPSA) is 18.5 Å². The first kappa shape index (κ1) is 10.5. The van der Waals surface area contributed by atoms with Crippen molar-refractivity contribution in [3.63, 3.8) is 0 Å². The van der Waals surface area contributed by atoms with Crippen molar-refractivity contribution in [2.75, 3.05) is 19.9 Å². The van der Waals surface area contributed by atoms with Crippen molar-refractivity contribution in [2.45, 2.75) is 6.92 Å². The summed E-state index contributed by atoms with van der Waals surface area (Å²) in [5.41, 5.74) is 0. The number of hydrogen-bond acceptors (Lipinski definition) is 2. The second-order valence-electron chi connectivity index (χ2n) is 3.25. The van der Waals surface area contributed by atoms with Gasteiger partial charge in [-0.2, -0.15) is 0 Å². The second-order valence-corrected chi connectivity index (χ2v) is 6.54. The molecule has 0 bridgehead atoms. The summed E-state index contributed by atoms with van der Waals surface area (Å²) in [5.74, 6) is 0.896. The Morgan fingerprint density at radius 3 is 2.31 bits per heavy atom. The van der Waals surface area contributed by atoms with Gasteiger partial charge in [0, 0.05) is 0 Å². The molecule has 0 atom stereocenters. The molecule has 0 heterocycles. The first-order valence-corrected chi connectivity index (χ1v) is 7.34. The van der Waals surface area contributed by atoms with E-state index in [-0.39, 0.29) is 0 Å². The Hall–Kier alpha value is -0.590. The van der Waals surface area contributed by atoms with E-state index in [1.807, 2.05) is 50.6 Å². The van der Waals surface area contributed by atoms with E-state index in [9.17, 15) is 0 Å². The molecule has 74 valence electrons. The minimum absolute atomic E-state index is 0.714. The van der Waals surface area contributed by atoms with Crippen molar-refractivity contribution < 1.29 is 9.05 Å². The van der Waals surface area contributed by atoms with Crippen molar-refractivity contribution in [1.29, 1.82) is 0 Å².